The molecule has 6 N–H and O–H groups in total. The van der Waals surface area contributed by atoms with Crippen molar-refractivity contribution < 1.29 is 19.7 Å². The van der Waals surface area contributed by atoms with E-state index >= 15 is 0 Å². The minimum absolute atomic E-state index is 0.0719. The number of nitrogens with zero attached hydrogens (tertiary/aromatic N) is 3. The molecule has 1 atom stereocenters. The Labute approximate surface area is 130 Å². The normalized spacial score (nSPS) is 12.7. The van der Waals surface area contributed by atoms with Crippen LogP contribution in [0.2, 0.25) is 0 Å². The summed E-state index contributed by atoms with van der Waals surface area (Å²) in [4.78, 5) is 19.8. The number of aliphatic hydroxyl groups is 2. The second-order valence-corrected chi connectivity index (χ2v) is 5.19. The summed E-state index contributed by atoms with van der Waals surface area (Å²) in [7, 11) is 0. The summed E-state index contributed by atoms with van der Waals surface area (Å²) < 4.78 is 6.83. The fourth-order valence-corrected chi connectivity index (χ4v) is 2.85. The predicted molar refractivity (Wildman–Crippen MR) is 81.0 cm³/mol. The number of ether oxygens (including phenoxy) is 1. The van der Waals surface area contributed by atoms with Gasteiger partial charge >= 0.3 is 0 Å². The van der Waals surface area contributed by atoms with Crippen LogP contribution in [0.3, 0.4) is 0 Å². The lowest BCUT2D eigenvalue weighted by Crippen LogP contribution is -2.17. The number of hydrogen-bond donors (Lipinski definition) is 4. The molecule has 0 fully saturated rings. The van der Waals surface area contributed by atoms with Crippen molar-refractivity contribution in [1.29, 1.82) is 0 Å². The maximum atomic E-state index is 11.8. The molecule has 120 valence electrons. The summed E-state index contributed by atoms with van der Waals surface area (Å²) in [5.74, 6) is -0.505. The van der Waals surface area contributed by atoms with Crippen LogP contribution in [0, 0.1) is 0 Å². The molecule has 2 rings (SSSR count). The largest absolute Gasteiger partial charge is 0.396 e. The van der Waals surface area contributed by atoms with Gasteiger partial charge < -0.3 is 26.4 Å². The van der Waals surface area contributed by atoms with Crippen molar-refractivity contribution >= 4 is 34.5 Å². The summed E-state index contributed by atoms with van der Waals surface area (Å²) in [6, 6.07) is 0. The van der Waals surface area contributed by atoms with Crippen molar-refractivity contribution in [2.45, 2.75) is 24.5 Å². The van der Waals surface area contributed by atoms with E-state index in [4.69, 9.17) is 21.3 Å². The Bertz CT molecular complexity index is 690. The number of carbonyl (C=O) groups excluding carboxylic acids is 1. The standard InChI is InChI=1S/C12H17N5O4S/c1-22-12-8(10(14)20)7-9(13)15-4-16-11(7)17(12)5-21-6(19)2-3-18/h4,6,18-19H,2-3,5H2,1H3,(H2,14,20)(H2,13,15,16). The van der Waals surface area contributed by atoms with Crippen LogP contribution in [0.25, 0.3) is 11.0 Å². The van der Waals surface area contributed by atoms with Gasteiger partial charge in [0.1, 0.15) is 24.5 Å². The first kappa shape index (κ1) is 16.5. The summed E-state index contributed by atoms with van der Waals surface area (Å²) in [5.41, 5.74) is 11.9. The molecule has 10 heteroatoms. The first-order valence-electron chi connectivity index (χ1n) is 6.38. The molecule has 9 nitrogen and oxygen atoms in total. The van der Waals surface area contributed by atoms with Crippen molar-refractivity contribution in [1.82, 2.24) is 14.5 Å². The van der Waals surface area contributed by atoms with Crippen molar-refractivity contribution in [3.05, 3.63) is 11.9 Å². The molecular formula is C12H17N5O4S. The molecule has 2 aromatic rings. The Morgan fingerprint density at radius 2 is 2.27 bits per heavy atom. The molecule has 0 aliphatic rings. The third-order valence-corrected chi connectivity index (χ3v) is 3.84. The minimum Gasteiger partial charge on any atom is -0.396 e. The van der Waals surface area contributed by atoms with E-state index < -0.39 is 12.2 Å². The molecule has 0 saturated heterocycles. The average Bonchev–Trinajstić information content (AvgIpc) is 2.80. The molecule has 22 heavy (non-hydrogen) atoms. The number of thioether (sulfide) groups is 1. The zero-order valence-corrected chi connectivity index (χ0v) is 12.7. The Balaban J connectivity index is 2.53. The Morgan fingerprint density at radius 1 is 1.55 bits per heavy atom. The van der Waals surface area contributed by atoms with Gasteiger partial charge in [-0.15, -0.1) is 11.8 Å². The Hall–Kier alpha value is -1.88. The molecule has 0 aromatic carbocycles. The topological polar surface area (TPSA) is 150 Å². The fourth-order valence-electron chi connectivity index (χ4n) is 2.09. The quantitative estimate of drug-likeness (QED) is 0.393. The van der Waals surface area contributed by atoms with Gasteiger partial charge in [-0.1, -0.05) is 0 Å². The molecule has 0 bridgehead atoms. The van der Waals surface area contributed by atoms with Crippen molar-refractivity contribution in [2.24, 2.45) is 5.73 Å². The van der Waals surface area contributed by atoms with E-state index in [-0.39, 0.29) is 31.1 Å². The zero-order valence-electron chi connectivity index (χ0n) is 11.9. The van der Waals surface area contributed by atoms with Gasteiger partial charge in [0.25, 0.3) is 5.91 Å². The number of primary amides is 1. The second-order valence-electron chi connectivity index (χ2n) is 4.40. The number of nitrogens with two attached hydrogens (primary N) is 2. The van der Waals surface area contributed by atoms with Crippen LogP contribution in [0.5, 0.6) is 0 Å². The van der Waals surface area contributed by atoms with Crippen LogP contribution >= 0.6 is 11.8 Å². The molecule has 1 amide bonds. The number of nitrogen functional groups attached to an aromatic ring is 1. The van der Waals surface area contributed by atoms with Crippen LogP contribution < -0.4 is 11.5 Å². The SMILES string of the molecule is CSc1c(C(N)=O)c2c(N)ncnc2n1COC(O)CCO. The van der Waals surface area contributed by atoms with Crippen LogP contribution in [-0.4, -0.2) is 49.8 Å². The van der Waals surface area contributed by atoms with Crippen molar-refractivity contribution in [3.8, 4) is 0 Å². The van der Waals surface area contributed by atoms with E-state index in [1.165, 1.54) is 18.1 Å². The highest BCUT2D eigenvalue weighted by atomic mass is 32.2. The van der Waals surface area contributed by atoms with Crippen molar-refractivity contribution in [3.63, 3.8) is 0 Å². The maximum absolute atomic E-state index is 11.8. The lowest BCUT2D eigenvalue weighted by molar-refractivity contribution is -0.134. The molecule has 2 heterocycles. The van der Waals surface area contributed by atoms with E-state index in [0.717, 1.165) is 0 Å². The number of aromatic nitrogens is 3. The number of carbonyl (C=O) groups is 1. The molecule has 0 radical (unpaired) electrons. The zero-order chi connectivity index (χ0) is 16.3. The van der Waals surface area contributed by atoms with Crippen LogP contribution in [0.15, 0.2) is 11.4 Å². The monoisotopic (exact) mass is 327 g/mol. The summed E-state index contributed by atoms with van der Waals surface area (Å²) >= 11 is 1.28. The lowest BCUT2D eigenvalue weighted by Gasteiger charge is -2.13. The molecule has 1 unspecified atom stereocenters. The van der Waals surface area contributed by atoms with E-state index in [1.807, 2.05) is 0 Å². The highest BCUT2D eigenvalue weighted by Crippen LogP contribution is 2.33. The third-order valence-electron chi connectivity index (χ3n) is 3.03. The van der Waals surface area contributed by atoms with E-state index in [2.05, 4.69) is 9.97 Å². The number of fused-ring (bicyclic) bond motifs is 1. The number of hydrogen-bond acceptors (Lipinski definition) is 8. The minimum atomic E-state index is -1.13. The Kier molecular flexibility index (Phi) is 5.19. The van der Waals surface area contributed by atoms with Gasteiger partial charge in [0, 0.05) is 13.0 Å². The van der Waals surface area contributed by atoms with Crippen LogP contribution in [-0.2, 0) is 11.5 Å². The molecular weight excluding hydrogens is 310 g/mol. The van der Waals surface area contributed by atoms with Crippen molar-refractivity contribution in [2.75, 3.05) is 18.6 Å². The summed E-state index contributed by atoms with van der Waals surface area (Å²) in [6.07, 6.45) is 1.99. The number of aliphatic hydroxyl groups excluding tert-OH is 2. The van der Waals surface area contributed by atoms with Gasteiger partial charge in [-0.3, -0.25) is 9.36 Å². The first-order valence-corrected chi connectivity index (χ1v) is 7.60. The van der Waals surface area contributed by atoms with Gasteiger partial charge in [-0.2, -0.15) is 0 Å². The molecule has 2 aromatic heterocycles. The third kappa shape index (κ3) is 2.99. The lowest BCUT2D eigenvalue weighted by atomic mass is 10.2. The second kappa shape index (κ2) is 6.92. The van der Waals surface area contributed by atoms with E-state index in [0.29, 0.717) is 16.1 Å². The van der Waals surface area contributed by atoms with Gasteiger partial charge in [0.05, 0.1) is 16.0 Å². The molecule has 0 aliphatic carbocycles. The van der Waals surface area contributed by atoms with Crippen LogP contribution in [0.1, 0.15) is 16.8 Å². The van der Waals surface area contributed by atoms with Crippen LogP contribution in [0.4, 0.5) is 5.82 Å². The fraction of sp³-hybridized carbons (Fsp3) is 0.417. The first-order chi connectivity index (χ1) is 10.5. The summed E-state index contributed by atoms with van der Waals surface area (Å²) in [5, 5.41) is 19.2. The smallest absolute Gasteiger partial charge is 0.252 e. The van der Waals surface area contributed by atoms with Gasteiger partial charge in [0.2, 0.25) is 0 Å². The highest BCUT2D eigenvalue weighted by molar-refractivity contribution is 7.98. The Morgan fingerprint density at radius 3 is 2.86 bits per heavy atom. The number of amides is 1. The average molecular weight is 327 g/mol. The van der Waals surface area contributed by atoms with E-state index in [1.54, 1.807) is 10.8 Å². The van der Waals surface area contributed by atoms with Gasteiger partial charge in [0.15, 0.2) is 6.29 Å². The maximum Gasteiger partial charge on any atom is 0.252 e. The highest BCUT2D eigenvalue weighted by Gasteiger charge is 2.24. The number of anilines is 1. The van der Waals surface area contributed by atoms with Gasteiger partial charge in [-0.05, 0) is 6.26 Å². The van der Waals surface area contributed by atoms with E-state index in [9.17, 15) is 9.90 Å². The molecule has 0 saturated carbocycles. The number of rotatable bonds is 7. The summed E-state index contributed by atoms with van der Waals surface area (Å²) in [6.45, 7) is -0.276. The molecule has 0 aliphatic heterocycles. The predicted octanol–water partition coefficient (Wildman–Crippen LogP) is -0.491. The molecule has 0 spiro atoms. The van der Waals surface area contributed by atoms with Gasteiger partial charge in [-0.25, -0.2) is 9.97 Å².